The molecule has 0 aliphatic carbocycles. The van der Waals surface area contributed by atoms with Crippen molar-refractivity contribution in [3.63, 3.8) is 0 Å². The predicted molar refractivity (Wildman–Crippen MR) is 51.3 cm³/mol. The van der Waals surface area contributed by atoms with E-state index in [1.165, 1.54) is 6.07 Å². The molecule has 5 heteroatoms. The first kappa shape index (κ1) is 11.2. The summed E-state index contributed by atoms with van der Waals surface area (Å²) in [6.07, 6.45) is 0.290. The maximum atomic E-state index is 10.8. The van der Waals surface area contributed by atoms with Crippen molar-refractivity contribution in [1.82, 2.24) is 4.98 Å². The van der Waals surface area contributed by atoms with Crippen LogP contribution >= 0.6 is 0 Å². The molecule has 0 fully saturated rings. The van der Waals surface area contributed by atoms with Gasteiger partial charge in [0.1, 0.15) is 12.3 Å². The zero-order valence-electron chi connectivity index (χ0n) is 8.27. The van der Waals surface area contributed by atoms with Crippen LogP contribution in [0.3, 0.4) is 0 Å². The largest absolute Gasteiger partial charge is 0.477 e. The summed E-state index contributed by atoms with van der Waals surface area (Å²) in [4.78, 5) is 25.2. The average molecular weight is 209 g/mol. The lowest BCUT2D eigenvalue weighted by Gasteiger charge is -2.03. The van der Waals surface area contributed by atoms with E-state index in [9.17, 15) is 9.59 Å². The maximum Gasteiger partial charge on any atom is 0.354 e. The lowest BCUT2D eigenvalue weighted by Crippen LogP contribution is -2.06. The zero-order chi connectivity index (χ0) is 11.3. The molecule has 1 heterocycles. The highest BCUT2D eigenvalue weighted by Crippen LogP contribution is 2.02. The first-order chi connectivity index (χ1) is 7.13. The molecule has 80 valence electrons. The highest BCUT2D eigenvalue weighted by Gasteiger charge is 2.06. The number of rotatable bonds is 4. The molecule has 0 radical (unpaired) electrons. The summed E-state index contributed by atoms with van der Waals surface area (Å²) >= 11 is 0. The number of aromatic nitrogens is 1. The van der Waals surface area contributed by atoms with Gasteiger partial charge in [-0.25, -0.2) is 9.78 Å². The second kappa shape index (κ2) is 5.09. The second-order valence-corrected chi connectivity index (χ2v) is 2.83. The highest BCUT2D eigenvalue weighted by molar-refractivity contribution is 5.85. The first-order valence-corrected chi connectivity index (χ1v) is 4.48. The van der Waals surface area contributed by atoms with Gasteiger partial charge in [-0.3, -0.25) is 4.79 Å². The van der Waals surface area contributed by atoms with Crippen LogP contribution < -0.4 is 0 Å². The number of carboxylic acid groups (broad SMARTS) is 1. The van der Waals surface area contributed by atoms with E-state index in [-0.39, 0.29) is 18.3 Å². The van der Waals surface area contributed by atoms with Gasteiger partial charge in [-0.1, -0.05) is 13.0 Å². The van der Waals surface area contributed by atoms with Crippen LogP contribution in [0.5, 0.6) is 0 Å². The van der Waals surface area contributed by atoms with Crippen LogP contribution in [-0.4, -0.2) is 22.0 Å². The van der Waals surface area contributed by atoms with Crippen LogP contribution in [0.25, 0.3) is 0 Å². The van der Waals surface area contributed by atoms with E-state index in [1.807, 2.05) is 0 Å². The van der Waals surface area contributed by atoms with E-state index >= 15 is 0 Å². The van der Waals surface area contributed by atoms with E-state index in [0.717, 1.165) is 0 Å². The van der Waals surface area contributed by atoms with Gasteiger partial charge in [0.2, 0.25) is 0 Å². The Morgan fingerprint density at radius 1 is 1.47 bits per heavy atom. The third kappa shape index (κ3) is 3.38. The molecular formula is C10H11NO4. The number of carbonyl (C=O) groups excluding carboxylic acids is 1. The minimum Gasteiger partial charge on any atom is -0.477 e. The van der Waals surface area contributed by atoms with Crippen molar-refractivity contribution in [2.24, 2.45) is 0 Å². The molecule has 1 aromatic heterocycles. The second-order valence-electron chi connectivity index (χ2n) is 2.83. The van der Waals surface area contributed by atoms with Gasteiger partial charge in [-0.15, -0.1) is 0 Å². The molecule has 1 N–H and O–H groups in total. The molecule has 5 nitrogen and oxygen atoms in total. The van der Waals surface area contributed by atoms with Gasteiger partial charge in [-0.05, 0) is 12.1 Å². The van der Waals surface area contributed by atoms with Crippen molar-refractivity contribution in [2.75, 3.05) is 0 Å². The average Bonchev–Trinajstić information content (AvgIpc) is 2.26. The van der Waals surface area contributed by atoms with Crippen LogP contribution in [-0.2, 0) is 16.1 Å². The topological polar surface area (TPSA) is 76.5 Å². The molecule has 0 amide bonds. The summed E-state index contributed by atoms with van der Waals surface area (Å²) in [7, 11) is 0. The van der Waals surface area contributed by atoms with Crippen molar-refractivity contribution in [2.45, 2.75) is 20.0 Å². The summed E-state index contributed by atoms with van der Waals surface area (Å²) < 4.78 is 4.82. The van der Waals surface area contributed by atoms with Crippen molar-refractivity contribution in [3.8, 4) is 0 Å². The molecule has 1 rings (SSSR count). The molecular weight excluding hydrogens is 198 g/mol. The number of nitrogens with zero attached hydrogens (tertiary/aromatic N) is 1. The van der Waals surface area contributed by atoms with Crippen LogP contribution in [0.2, 0.25) is 0 Å². The molecule has 0 atom stereocenters. The number of esters is 1. The van der Waals surface area contributed by atoms with Gasteiger partial charge >= 0.3 is 11.9 Å². The van der Waals surface area contributed by atoms with E-state index in [1.54, 1.807) is 19.1 Å². The molecule has 0 unspecified atom stereocenters. The zero-order valence-corrected chi connectivity index (χ0v) is 8.27. The third-order valence-electron chi connectivity index (χ3n) is 1.70. The Morgan fingerprint density at radius 3 is 2.80 bits per heavy atom. The Morgan fingerprint density at radius 2 is 2.20 bits per heavy atom. The fourth-order valence-electron chi connectivity index (χ4n) is 0.936. The van der Waals surface area contributed by atoms with Crippen molar-refractivity contribution >= 4 is 11.9 Å². The van der Waals surface area contributed by atoms with Gasteiger partial charge < -0.3 is 9.84 Å². The number of aromatic carboxylic acids is 1. The summed E-state index contributed by atoms with van der Waals surface area (Å²) in [5.41, 5.74) is 0.372. The van der Waals surface area contributed by atoms with E-state index in [4.69, 9.17) is 9.84 Å². The van der Waals surface area contributed by atoms with E-state index in [2.05, 4.69) is 4.98 Å². The summed E-state index contributed by atoms with van der Waals surface area (Å²) in [5, 5.41) is 8.66. The SMILES string of the molecule is CCC(=O)OCc1cccc(C(=O)O)n1. The number of carbonyl (C=O) groups is 2. The molecule has 15 heavy (non-hydrogen) atoms. The van der Waals surface area contributed by atoms with Crippen molar-refractivity contribution in [1.29, 1.82) is 0 Å². The summed E-state index contributed by atoms with van der Waals surface area (Å²) in [6, 6.07) is 4.55. The number of hydrogen-bond donors (Lipinski definition) is 1. The van der Waals surface area contributed by atoms with Gasteiger partial charge in [-0.2, -0.15) is 0 Å². The van der Waals surface area contributed by atoms with Crippen molar-refractivity contribution < 1.29 is 19.4 Å². The molecule has 0 saturated carbocycles. The van der Waals surface area contributed by atoms with Gasteiger partial charge in [0, 0.05) is 6.42 Å². The van der Waals surface area contributed by atoms with Gasteiger partial charge in [0.25, 0.3) is 0 Å². The Kier molecular flexibility index (Phi) is 3.79. The highest BCUT2D eigenvalue weighted by atomic mass is 16.5. The van der Waals surface area contributed by atoms with Crippen LogP contribution in [0.15, 0.2) is 18.2 Å². The van der Waals surface area contributed by atoms with Crippen LogP contribution in [0.1, 0.15) is 29.5 Å². The molecule has 0 aliphatic heterocycles. The van der Waals surface area contributed by atoms with Crippen molar-refractivity contribution in [3.05, 3.63) is 29.6 Å². The smallest absolute Gasteiger partial charge is 0.354 e. The number of hydrogen-bond acceptors (Lipinski definition) is 4. The van der Waals surface area contributed by atoms with Crippen LogP contribution in [0, 0.1) is 0 Å². The summed E-state index contributed by atoms with van der Waals surface area (Å²) in [6.45, 7) is 1.69. The lowest BCUT2D eigenvalue weighted by atomic mass is 10.3. The molecule has 0 bridgehead atoms. The number of carboxylic acids is 1. The Bertz CT molecular complexity index is 375. The minimum absolute atomic E-state index is 0.00773. The molecule has 0 aliphatic rings. The first-order valence-electron chi connectivity index (χ1n) is 4.48. The monoisotopic (exact) mass is 209 g/mol. The Balaban J connectivity index is 2.66. The number of ether oxygens (including phenoxy) is 1. The van der Waals surface area contributed by atoms with Gasteiger partial charge in [0.05, 0.1) is 5.69 Å². The summed E-state index contributed by atoms with van der Waals surface area (Å²) in [5.74, 6) is -1.43. The fraction of sp³-hybridized carbons (Fsp3) is 0.300. The maximum absolute atomic E-state index is 10.8. The standard InChI is InChI=1S/C10H11NO4/c1-2-9(12)15-6-7-4-3-5-8(11-7)10(13)14/h3-5H,2,6H2,1H3,(H,13,14). The minimum atomic E-state index is -1.10. The quantitative estimate of drug-likeness (QED) is 0.755. The Labute approximate surface area is 86.7 Å². The third-order valence-corrected chi connectivity index (χ3v) is 1.70. The molecule has 0 spiro atoms. The van der Waals surface area contributed by atoms with Gasteiger partial charge in [0.15, 0.2) is 0 Å². The molecule has 1 aromatic rings. The Hall–Kier alpha value is -1.91. The lowest BCUT2D eigenvalue weighted by molar-refractivity contribution is -0.144. The normalized spacial score (nSPS) is 9.67. The van der Waals surface area contributed by atoms with E-state index < -0.39 is 5.97 Å². The van der Waals surface area contributed by atoms with Crippen LogP contribution in [0.4, 0.5) is 0 Å². The van der Waals surface area contributed by atoms with E-state index in [0.29, 0.717) is 12.1 Å². The molecule has 0 aromatic carbocycles. The molecule has 0 saturated heterocycles. The number of pyridine rings is 1. The fourth-order valence-corrected chi connectivity index (χ4v) is 0.936. The predicted octanol–water partition coefficient (Wildman–Crippen LogP) is 1.23.